The van der Waals surface area contributed by atoms with Gasteiger partial charge in [-0.2, -0.15) is 0 Å². The summed E-state index contributed by atoms with van der Waals surface area (Å²) >= 11 is 4.49. The molecule has 0 heterocycles. The van der Waals surface area contributed by atoms with Crippen molar-refractivity contribution in [1.29, 1.82) is 0 Å². The summed E-state index contributed by atoms with van der Waals surface area (Å²) in [5.74, 6) is 0.584. The monoisotopic (exact) mass is 188 g/mol. The molecule has 0 saturated heterocycles. The lowest BCUT2D eigenvalue weighted by Gasteiger charge is -2.06. The minimum atomic E-state index is -0.294. The van der Waals surface area contributed by atoms with Crippen molar-refractivity contribution in [3.8, 4) is 0 Å². The SMILES string of the molecule is C[C@@H]1C[C@H]1NC(=O)NNC(N)=S. The number of hydrogen-bond donors (Lipinski definition) is 4. The van der Waals surface area contributed by atoms with Gasteiger partial charge in [-0.1, -0.05) is 6.92 Å². The fraction of sp³-hybridized carbons (Fsp3) is 0.667. The van der Waals surface area contributed by atoms with Crippen LogP contribution >= 0.6 is 12.2 Å². The molecule has 0 spiro atoms. The molecule has 1 rings (SSSR count). The summed E-state index contributed by atoms with van der Waals surface area (Å²) in [5, 5.41) is 2.78. The first-order valence-corrected chi connectivity index (χ1v) is 4.12. The molecule has 0 radical (unpaired) electrons. The van der Waals surface area contributed by atoms with Gasteiger partial charge >= 0.3 is 6.03 Å². The van der Waals surface area contributed by atoms with E-state index in [1.54, 1.807) is 0 Å². The van der Waals surface area contributed by atoms with E-state index >= 15 is 0 Å². The highest BCUT2D eigenvalue weighted by Gasteiger charge is 2.33. The summed E-state index contributed by atoms with van der Waals surface area (Å²) in [6.45, 7) is 2.08. The fourth-order valence-corrected chi connectivity index (χ4v) is 0.897. The summed E-state index contributed by atoms with van der Waals surface area (Å²) in [7, 11) is 0. The maximum Gasteiger partial charge on any atom is 0.333 e. The Morgan fingerprint density at radius 1 is 1.58 bits per heavy atom. The van der Waals surface area contributed by atoms with Crippen molar-refractivity contribution in [2.45, 2.75) is 19.4 Å². The second-order valence-electron chi connectivity index (χ2n) is 2.91. The van der Waals surface area contributed by atoms with Crippen molar-refractivity contribution in [3.63, 3.8) is 0 Å². The van der Waals surface area contributed by atoms with Gasteiger partial charge in [-0.05, 0) is 24.6 Å². The molecule has 0 aliphatic heterocycles. The van der Waals surface area contributed by atoms with E-state index in [-0.39, 0.29) is 11.1 Å². The number of urea groups is 1. The summed E-state index contributed by atoms with van der Waals surface area (Å²) in [6.07, 6.45) is 1.04. The molecule has 1 aliphatic carbocycles. The van der Waals surface area contributed by atoms with Crippen molar-refractivity contribution in [1.82, 2.24) is 16.2 Å². The third kappa shape index (κ3) is 2.91. The minimum absolute atomic E-state index is 0.0500. The van der Waals surface area contributed by atoms with E-state index in [1.165, 1.54) is 0 Å². The molecule has 2 atom stereocenters. The Labute approximate surface area is 76.0 Å². The molecular weight excluding hydrogens is 176 g/mol. The van der Waals surface area contributed by atoms with Crippen molar-refractivity contribution >= 4 is 23.4 Å². The van der Waals surface area contributed by atoms with Gasteiger partial charge in [0, 0.05) is 6.04 Å². The molecule has 1 aliphatic rings. The molecule has 0 aromatic rings. The van der Waals surface area contributed by atoms with E-state index in [1.807, 2.05) is 0 Å². The Morgan fingerprint density at radius 2 is 2.17 bits per heavy atom. The number of nitrogens with two attached hydrogens (primary N) is 1. The maximum atomic E-state index is 10.9. The molecule has 1 saturated carbocycles. The molecule has 0 bridgehead atoms. The summed E-state index contributed by atoms with van der Waals surface area (Å²) in [5.41, 5.74) is 9.74. The molecule has 1 fully saturated rings. The average Bonchev–Trinajstić information content (AvgIpc) is 2.62. The Bertz CT molecular complexity index is 208. The minimum Gasteiger partial charge on any atom is -0.375 e. The van der Waals surface area contributed by atoms with Crippen LogP contribution in [0.4, 0.5) is 4.79 Å². The second-order valence-corrected chi connectivity index (χ2v) is 3.35. The summed E-state index contributed by atoms with van der Waals surface area (Å²) in [4.78, 5) is 10.9. The predicted molar refractivity (Wildman–Crippen MR) is 49.2 cm³/mol. The first-order chi connectivity index (χ1) is 5.59. The zero-order chi connectivity index (χ0) is 9.14. The van der Waals surface area contributed by atoms with Crippen LogP contribution in [0, 0.1) is 5.92 Å². The fourth-order valence-electron chi connectivity index (χ4n) is 0.846. The van der Waals surface area contributed by atoms with Gasteiger partial charge in [-0.3, -0.25) is 5.43 Å². The number of carbonyl (C=O) groups excluding carboxylic acids is 1. The number of hydrogen-bond acceptors (Lipinski definition) is 2. The van der Waals surface area contributed by atoms with E-state index < -0.39 is 0 Å². The van der Waals surface area contributed by atoms with Crippen molar-refractivity contribution in [3.05, 3.63) is 0 Å². The number of rotatable bonds is 1. The zero-order valence-corrected chi connectivity index (χ0v) is 7.57. The molecule has 6 heteroatoms. The topological polar surface area (TPSA) is 79.2 Å². The molecule has 5 nitrogen and oxygen atoms in total. The van der Waals surface area contributed by atoms with Crippen LogP contribution in [0.5, 0.6) is 0 Å². The number of nitrogens with one attached hydrogen (secondary N) is 3. The van der Waals surface area contributed by atoms with Gasteiger partial charge in [-0.25, -0.2) is 10.2 Å². The Balaban J connectivity index is 2.08. The molecule has 5 N–H and O–H groups in total. The maximum absolute atomic E-state index is 10.9. The molecule has 68 valence electrons. The lowest BCUT2D eigenvalue weighted by atomic mass is 10.5. The van der Waals surface area contributed by atoms with E-state index in [0.717, 1.165) is 6.42 Å². The van der Waals surface area contributed by atoms with Crippen molar-refractivity contribution in [2.24, 2.45) is 11.7 Å². The quantitative estimate of drug-likeness (QED) is 0.328. The summed E-state index contributed by atoms with van der Waals surface area (Å²) in [6, 6.07) is 0.00953. The third-order valence-electron chi connectivity index (χ3n) is 1.73. The lowest BCUT2D eigenvalue weighted by Crippen LogP contribution is -2.49. The smallest absolute Gasteiger partial charge is 0.333 e. The third-order valence-corrected chi connectivity index (χ3v) is 1.83. The molecule has 0 aromatic heterocycles. The van der Waals surface area contributed by atoms with Gasteiger partial charge in [0.25, 0.3) is 0 Å². The van der Waals surface area contributed by atoms with E-state index in [2.05, 4.69) is 35.3 Å². The van der Waals surface area contributed by atoms with Gasteiger partial charge in [0.05, 0.1) is 0 Å². The van der Waals surface area contributed by atoms with Crippen LogP contribution in [0.25, 0.3) is 0 Å². The van der Waals surface area contributed by atoms with E-state index in [0.29, 0.717) is 12.0 Å². The zero-order valence-electron chi connectivity index (χ0n) is 6.76. The van der Waals surface area contributed by atoms with Crippen LogP contribution < -0.4 is 21.9 Å². The van der Waals surface area contributed by atoms with Crippen LogP contribution in [0.3, 0.4) is 0 Å². The first-order valence-electron chi connectivity index (χ1n) is 3.71. The number of thiocarbonyl (C=S) groups is 1. The summed E-state index contributed by atoms with van der Waals surface area (Å²) < 4.78 is 0. The first kappa shape index (κ1) is 9.05. The highest BCUT2D eigenvalue weighted by Crippen LogP contribution is 2.28. The number of carbonyl (C=O) groups is 1. The van der Waals surface area contributed by atoms with Gasteiger partial charge in [0.2, 0.25) is 0 Å². The molecular formula is C6H12N4OS. The van der Waals surface area contributed by atoms with Gasteiger partial charge in [0.15, 0.2) is 5.11 Å². The van der Waals surface area contributed by atoms with Crippen molar-refractivity contribution in [2.75, 3.05) is 0 Å². The highest BCUT2D eigenvalue weighted by atomic mass is 32.1. The van der Waals surface area contributed by atoms with E-state index in [4.69, 9.17) is 5.73 Å². The van der Waals surface area contributed by atoms with Crippen LogP contribution in [0.2, 0.25) is 0 Å². The molecule has 12 heavy (non-hydrogen) atoms. The Kier molecular flexibility index (Phi) is 2.69. The molecule has 2 amide bonds. The normalized spacial score (nSPS) is 25.8. The second kappa shape index (κ2) is 3.57. The molecule has 0 unspecified atom stereocenters. The standard InChI is InChI=1S/C6H12N4OS/c1-3-2-4(3)8-6(11)10-9-5(7)12/h3-4H,2H2,1H3,(H3,7,9,12)(H2,8,10,11)/t3-,4-/m1/s1. The number of amides is 2. The van der Waals surface area contributed by atoms with Crippen molar-refractivity contribution < 1.29 is 4.79 Å². The van der Waals surface area contributed by atoms with Crippen LogP contribution in [0.1, 0.15) is 13.3 Å². The van der Waals surface area contributed by atoms with Gasteiger partial charge < -0.3 is 11.1 Å². The van der Waals surface area contributed by atoms with Crippen LogP contribution in [0.15, 0.2) is 0 Å². The Morgan fingerprint density at radius 3 is 2.58 bits per heavy atom. The van der Waals surface area contributed by atoms with Crippen LogP contribution in [-0.4, -0.2) is 17.2 Å². The highest BCUT2D eigenvalue weighted by molar-refractivity contribution is 7.80. The molecule has 0 aromatic carbocycles. The number of hydrazine groups is 1. The van der Waals surface area contributed by atoms with Gasteiger partial charge in [0.1, 0.15) is 0 Å². The lowest BCUT2D eigenvalue weighted by molar-refractivity contribution is 0.238. The predicted octanol–water partition coefficient (Wildman–Crippen LogP) is -0.558. The Hall–Kier alpha value is -1.04. The average molecular weight is 188 g/mol. The largest absolute Gasteiger partial charge is 0.375 e. The van der Waals surface area contributed by atoms with E-state index in [9.17, 15) is 4.79 Å². The van der Waals surface area contributed by atoms with Gasteiger partial charge in [-0.15, -0.1) is 0 Å². The van der Waals surface area contributed by atoms with Crippen LogP contribution in [-0.2, 0) is 0 Å².